The van der Waals surface area contributed by atoms with Crippen LogP contribution in [0.4, 0.5) is 0 Å². The van der Waals surface area contributed by atoms with Crippen LogP contribution in [0.3, 0.4) is 0 Å². The number of fused-ring (bicyclic) bond motifs is 6. The maximum Gasteiger partial charge on any atom is 0.0713 e. The summed E-state index contributed by atoms with van der Waals surface area (Å²) >= 11 is 1.87. The van der Waals surface area contributed by atoms with Gasteiger partial charge in [0, 0.05) is 20.2 Å². The first-order chi connectivity index (χ1) is 25.8. The van der Waals surface area contributed by atoms with Gasteiger partial charge in [-0.25, -0.2) is 0 Å². The molecule has 9 aromatic rings. The fraction of sp³-hybridized carbons (Fsp3) is 0.0196. The Bertz CT molecular complexity index is 2710. The molecule has 0 fully saturated rings. The van der Waals surface area contributed by atoms with Gasteiger partial charge in [-0.2, -0.15) is 0 Å². The van der Waals surface area contributed by atoms with Gasteiger partial charge in [0.05, 0.1) is 5.41 Å². The van der Waals surface area contributed by atoms with Crippen LogP contribution in [0.5, 0.6) is 0 Å². The molecule has 1 heteroatoms. The van der Waals surface area contributed by atoms with Crippen LogP contribution >= 0.6 is 11.3 Å². The van der Waals surface area contributed by atoms with Crippen LogP contribution in [0.25, 0.3) is 54.1 Å². The Balaban J connectivity index is 1.24. The molecule has 0 N–H and O–H groups in total. The Hall–Kier alpha value is -6.28. The lowest BCUT2D eigenvalue weighted by Crippen LogP contribution is -2.28. The molecule has 0 aliphatic heterocycles. The number of benzene rings is 8. The lowest BCUT2D eigenvalue weighted by atomic mass is 9.67. The first-order valence-corrected chi connectivity index (χ1v) is 18.7. The monoisotopic (exact) mass is 678 g/mol. The molecule has 0 radical (unpaired) electrons. The van der Waals surface area contributed by atoms with Crippen molar-refractivity contribution in [1.29, 1.82) is 0 Å². The number of hydrogen-bond donors (Lipinski definition) is 0. The predicted molar refractivity (Wildman–Crippen MR) is 222 cm³/mol. The summed E-state index contributed by atoms with van der Waals surface area (Å²) < 4.78 is 2.64. The summed E-state index contributed by atoms with van der Waals surface area (Å²) in [6.07, 6.45) is 2.44. The molecule has 0 saturated carbocycles. The van der Waals surface area contributed by atoms with E-state index < -0.39 is 5.41 Å². The minimum Gasteiger partial charge on any atom is -0.135 e. The standard InChI is InChI=1S/C51H34S/c1-4-15-35(16-5-1)36-27-29-37(30-28-36)44(38-31-32-49-45(33-38)42-22-11-13-26-48(42)52-49)34-39-17-14-25-47-50(39)43-23-10-12-24-46(43)51(47,40-18-6-2-7-19-40)41-20-8-3-9-21-41/h1-34H/b44-34-. The van der Waals surface area contributed by atoms with Crippen molar-refractivity contribution in [2.24, 2.45) is 0 Å². The fourth-order valence-corrected chi connectivity index (χ4v) is 9.58. The van der Waals surface area contributed by atoms with E-state index in [1.165, 1.54) is 86.9 Å². The first kappa shape index (κ1) is 30.5. The highest BCUT2D eigenvalue weighted by Crippen LogP contribution is 2.57. The number of thiophene rings is 1. The van der Waals surface area contributed by atoms with E-state index in [0.717, 1.165) is 0 Å². The van der Waals surface area contributed by atoms with Gasteiger partial charge in [0.25, 0.3) is 0 Å². The highest BCUT2D eigenvalue weighted by atomic mass is 32.1. The number of hydrogen-bond acceptors (Lipinski definition) is 1. The highest BCUT2D eigenvalue weighted by Gasteiger charge is 2.46. The molecule has 244 valence electrons. The van der Waals surface area contributed by atoms with Crippen LogP contribution in [0.15, 0.2) is 200 Å². The van der Waals surface area contributed by atoms with E-state index in [9.17, 15) is 0 Å². The molecule has 0 unspecified atom stereocenters. The van der Waals surface area contributed by atoms with E-state index in [1.807, 2.05) is 11.3 Å². The zero-order chi connectivity index (χ0) is 34.5. The average molecular weight is 679 g/mol. The first-order valence-electron chi connectivity index (χ1n) is 17.9. The lowest BCUT2D eigenvalue weighted by Gasteiger charge is -2.33. The van der Waals surface area contributed by atoms with Crippen LogP contribution in [-0.2, 0) is 5.41 Å². The summed E-state index contributed by atoms with van der Waals surface area (Å²) in [6, 6.07) is 73.6. The molecule has 8 aromatic carbocycles. The second-order valence-corrected chi connectivity index (χ2v) is 14.7. The molecule has 1 aliphatic rings. The van der Waals surface area contributed by atoms with Gasteiger partial charge in [-0.3, -0.25) is 0 Å². The third-order valence-corrected chi connectivity index (χ3v) is 12.0. The third kappa shape index (κ3) is 4.82. The van der Waals surface area contributed by atoms with Crippen LogP contribution in [0.1, 0.15) is 38.9 Å². The fourth-order valence-electron chi connectivity index (χ4n) is 8.50. The molecule has 1 aliphatic carbocycles. The zero-order valence-corrected chi connectivity index (χ0v) is 29.4. The summed E-state index contributed by atoms with van der Waals surface area (Å²) in [4.78, 5) is 0. The van der Waals surface area contributed by atoms with Crippen LogP contribution in [0.2, 0.25) is 0 Å². The van der Waals surface area contributed by atoms with Crippen molar-refractivity contribution in [3.8, 4) is 22.3 Å². The van der Waals surface area contributed by atoms with Crippen LogP contribution in [0, 0.1) is 0 Å². The third-order valence-electron chi connectivity index (χ3n) is 10.8. The van der Waals surface area contributed by atoms with Gasteiger partial charge in [0.2, 0.25) is 0 Å². The average Bonchev–Trinajstić information content (AvgIpc) is 3.75. The van der Waals surface area contributed by atoms with Crippen molar-refractivity contribution in [3.05, 3.63) is 239 Å². The molecule has 0 nitrogen and oxygen atoms in total. The zero-order valence-electron chi connectivity index (χ0n) is 28.5. The molecule has 0 saturated heterocycles. The van der Waals surface area contributed by atoms with Crippen molar-refractivity contribution < 1.29 is 0 Å². The van der Waals surface area contributed by atoms with Gasteiger partial charge < -0.3 is 0 Å². The van der Waals surface area contributed by atoms with Crippen LogP contribution < -0.4 is 0 Å². The van der Waals surface area contributed by atoms with Gasteiger partial charge in [-0.15, -0.1) is 11.3 Å². The maximum atomic E-state index is 2.44. The second kappa shape index (κ2) is 12.5. The quantitative estimate of drug-likeness (QED) is 0.154. The van der Waals surface area contributed by atoms with Crippen LogP contribution in [-0.4, -0.2) is 0 Å². The van der Waals surface area contributed by atoms with E-state index in [0.29, 0.717) is 0 Å². The molecule has 0 bridgehead atoms. The molecule has 0 spiro atoms. The Morgan fingerprint density at radius 3 is 1.75 bits per heavy atom. The molecule has 0 amide bonds. The Labute approximate surface area is 308 Å². The van der Waals surface area contributed by atoms with Gasteiger partial charge >= 0.3 is 0 Å². The highest BCUT2D eigenvalue weighted by molar-refractivity contribution is 7.25. The molecule has 1 aromatic heterocycles. The minimum atomic E-state index is -0.440. The normalized spacial score (nSPS) is 13.3. The van der Waals surface area contributed by atoms with Gasteiger partial charge in [0.15, 0.2) is 0 Å². The van der Waals surface area contributed by atoms with Gasteiger partial charge in [-0.05, 0) is 91.0 Å². The van der Waals surface area contributed by atoms with Crippen molar-refractivity contribution in [3.63, 3.8) is 0 Å². The number of rotatable bonds is 6. The molecular weight excluding hydrogens is 645 g/mol. The van der Waals surface area contributed by atoms with E-state index in [4.69, 9.17) is 0 Å². The van der Waals surface area contributed by atoms with Crippen molar-refractivity contribution in [2.75, 3.05) is 0 Å². The lowest BCUT2D eigenvalue weighted by molar-refractivity contribution is 0.768. The Kier molecular flexibility index (Phi) is 7.34. The Morgan fingerprint density at radius 1 is 0.423 bits per heavy atom. The SMILES string of the molecule is C(=C(\c1ccc(-c2ccccc2)cc1)c1ccc2sc3ccccc3c2c1)/c1cccc2c1-c1ccccc1C2(c1ccccc1)c1ccccc1. The van der Waals surface area contributed by atoms with Crippen molar-refractivity contribution >= 4 is 43.2 Å². The maximum absolute atomic E-state index is 2.44. The van der Waals surface area contributed by atoms with Gasteiger partial charge in [-0.1, -0.05) is 182 Å². The molecule has 0 atom stereocenters. The molecular formula is C51H34S. The van der Waals surface area contributed by atoms with E-state index in [2.05, 4.69) is 206 Å². The van der Waals surface area contributed by atoms with E-state index in [-0.39, 0.29) is 0 Å². The molecule has 52 heavy (non-hydrogen) atoms. The van der Waals surface area contributed by atoms with E-state index >= 15 is 0 Å². The molecule has 10 rings (SSSR count). The largest absolute Gasteiger partial charge is 0.135 e. The minimum absolute atomic E-state index is 0.440. The smallest absolute Gasteiger partial charge is 0.0713 e. The van der Waals surface area contributed by atoms with E-state index in [1.54, 1.807) is 0 Å². The summed E-state index contributed by atoms with van der Waals surface area (Å²) in [6.45, 7) is 0. The van der Waals surface area contributed by atoms with Gasteiger partial charge in [0.1, 0.15) is 0 Å². The van der Waals surface area contributed by atoms with Crippen molar-refractivity contribution in [2.45, 2.75) is 5.41 Å². The predicted octanol–water partition coefficient (Wildman–Crippen LogP) is 13.7. The summed E-state index contributed by atoms with van der Waals surface area (Å²) in [5, 5.41) is 2.62. The summed E-state index contributed by atoms with van der Waals surface area (Å²) in [7, 11) is 0. The summed E-state index contributed by atoms with van der Waals surface area (Å²) in [5.41, 5.74) is 14.6. The topological polar surface area (TPSA) is 0 Å². The summed E-state index contributed by atoms with van der Waals surface area (Å²) in [5.74, 6) is 0. The molecule has 1 heterocycles. The second-order valence-electron chi connectivity index (χ2n) is 13.6. The Morgan fingerprint density at radius 2 is 1.00 bits per heavy atom. The van der Waals surface area contributed by atoms with Crippen molar-refractivity contribution in [1.82, 2.24) is 0 Å².